The number of methoxy groups -OCH3 is 2. The summed E-state index contributed by atoms with van der Waals surface area (Å²) in [7, 11) is -1.09. The number of rotatable bonds is 8. The van der Waals surface area contributed by atoms with Crippen molar-refractivity contribution in [3.8, 4) is 11.5 Å². The van der Waals surface area contributed by atoms with E-state index in [9.17, 15) is 13.2 Å². The van der Waals surface area contributed by atoms with E-state index in [0.29, 0.717) is 17.2 Å². The summed E-state index contributed by atoms with van der Waals surface area (Å²) in [5, 5.41) is 2.86. The van der Waals surface area contributed by atoms with Gasteiger partial charge in [0.25, 0.3) is 10.0 Å². The van der Waals surface area contributed by atoms with E-state index in [0.717, 1.165) is 28.3 Å². The normalized spacial score (nSPS) is 13.7. The number of aryl methyl sites for hydroxylation is 2. The highest BCUT2D eigenvalue weighted by Gasteiger charge is 2.30. The zero-order chi connectivity index (χ0) is 21.2. The van der Waals surface area contributed by atoms with Gasteiger partial charge in [0.05, 0.1) is 24.8 Å². The predicted octanol–water partition coefficient (Wildman–Crippen LogP) is 2.79. The van der Waals surface area contributed by atoms with Gasteiger partial charge in [0, 0.05) is 12.1 Å². The minimum absolute atomic E-state index is 0.0218. The molecule has 0 atom stereocenters. The lowest BCUT2D eigenvalue weighted by molar-refractivity contribution is -0.119. The number of carbonyl (C=O) groups excluding carboxylic acids is 1. The molecule has 0 heterocycles. The molecule has 2 aromatic carbocycles. The summed E-state index contributed by atoms with van der Waals surface area (Å²) in [6.45, 7) is 3.49. The van der Waals surface area contributed by atoms with Gasteiger partial charge in [0.1, 0.15) is 6.54 Å². The molecule has 1 saturated carbocycles. The number of anilines is 1. The van der Waals surface area contributed by atoms with Crippen LogP contribution in [0.25, 0.3) is 0 Å². The molecule has 0 spiro atoms. The monoisotopic (exact) mass is 418 g/mol. The highest BCUT2D eigenvalue weighted by molar-refractivity contribution is 7.92. The molecule has 2 aromatic rings. The Balaban J connectivity index is 2.04. The van der Waals surface area contributed by atoms with E-state index < -0.39 is 10.0 Å². The highest BCUT2D eigenvalue weighted by Crippen LogP contribution is 2.32. The molecule has 1 fully saturated rings. The van der Waals surface area contributed by atoms with E-state index in [-0.39, 0.29) is 23.4 Å². The average molecular weight is 419 g/mol. The fraction of sp³-hybridized carbons (Fsp3) is 0.381. The van der Waals surface area contributed by atoms with Gasteiger partial charge in [-0.25, -0.2) is 8.42 Å². The zero-order valence-electron chi connectivity index (χ0n) is 17.1. The predicted molar refractivity (Wildman–Crippen MR) is 111 cm³/mol. The smallest absolute Gasteiger partial charge is 0.264 e. The SMILES string of the molecule is COc1ccc(S(=O)(=O)N(CC(=O)NC2CC2)c2cc(C)cc(C)c2)cc1OC. The van der Waals surface area contributed by atoms with Crippen molar-refractivity contribution in [3.63, 3.8) is 0 Å². The number of amides is 1. The van der Waals surface area contributed by atoms with Gasteiger partial charge in [-0.3, -0.25) is 9.10 Å². The van der Waals surface area contributed by atoms with Crippen LogP contribution in [0.1, 0.15) is 24.0 Å². The molecule has 0 aliphatic heterocycles. The molecule has 0 unspecified atom stereocenters. The maximum absolute atomic E-state index is 13.5. The molecule has 0 bridgehead atoms. The van der Waals surface area contributed by atoms with Crippen molar-refractivity contribution in [1.82, 2.24) is 5.32 Å². The van der Waals surface area contributed by atoms with Gasteiger partial charge in [-0.05, 0) is 62.1 Å². The van der Waals surface area contributed by atoms with Crippen LogP contribution in [0.4, 0.5) is 5.69 Å². The van der Waals surface area contributed by atoms with Gasteiger partial charge < -0.3 is 14.8 Å². The van der Waals surface area contributed by atoms with E-state index in [1.165, 1.54) is 32.4 Å². The molecule has 1 aliphatic carbocycles. The molecule has 29 heavy (non-hydrogen) atoms. The summed E-state index contributed by atoms with van der Waals surface area (Å²) in [5.41, 5.74) is 2.27. The topological polar surface area (TPSA) is 84.9 Å². The van der Waals surface area contributed by atoms with Crippen LogP contribution in [0.15, 0.2) is 41.3 Å². The Labute approximate surface area is 171 Å². The van der Waals surface area contributed by atoms with Crippen molar-refractivity contribution in [2.24, 2.45) is 0 Å². The number of sulfonamides is 1. The first-order valence-corrected chi connectivity index (χ1v) is 10.8. The Kier molecular flexibility index (Phi) is 6.02. The van der Waals surface area contributed by atoms with Gasteiger partial charge in [-0.2, -0.15) is 0 Å². The van der Waals surface area contributed by atoms with Crippen LogP contribution in [0.2, 0.25) is 0 Å². The van der Waals surface area contributed by atoms with Gasteiger partial charge >= 0.3 is 0 Å². The van der Waals surface area contributed by atoms with Crippen molar-refractivity contribution < 1.29 is 22.7 Å². The maximum atomic E-state index is 13.5. The highest BCUT2D eigenvalue weighted by atomic mass is 32.2. The second-order valence-electron chi connectivity index (χ2n) is 7.22. The molecule has 0 aromatic heterocycles. The second-order valence-corrected chi connectivity index (χ2v) is 9.08. The lowest BCUT2D eigenvalue weighted by Crippen LogP contribution is -2.41. The Morgan fingerprint density at radius 1 is 1.03 bits per heavy atom. The van der Waals surface area contributed by atoms with Crippen LogP contribution in [0.3, 0.4) is 0 Å². The van der Waals surface area contributed by atoms with E-state index in [2.05, 4.69) is 5.32 Å². The number of benzene rings is 2. The molecule has 1 N–H and O–H groups in total. The van der Waals surface area contributed by atoms with Gasteiger partial charge in [0.2, 0.25) is 5.91 Å². The van der Waals surface area contributed by atoms with E-state index >= 15 is 0 Å². The third kappa shape index (κ3) is 4.82. The van der Waals surface area contributed by atoms with Crippen LogP contribution in [-0.4, -0.2) is 41.1 Å². The molecule has 0 saturated heterocycles. The molecule has 1 amide bonds. The fourth-order valence-corrected chi connectivity index (χ4v) is 4.57. The van der Waals surface area contributed by atoms with Gasteiger partial charge in [0.15, 0.2) is 11.5 Å². The molecule has 1 aliphatic rings. The molecule has 8 heteroatoms. The van der Waals surface area contributed by atoms with Crippen LogP contribution in [0.5, 0.6) is 11.5 Å². The fourth-order valence-electron chi connectivity index (χ4n) is 3.15. The third-order valence-corrected chi connectivity index (χ3v) is 6.44. The van der Waals surface area contributed by atoms with E-state index in [1.54, 1.807) is 12.1 Å². The number of hydrogen-bond donors (Lipinski definition) is 1. The standard InChI is InChI=1S/C21H26N2O5S/c1-14-9-15(2)11-17(10-14)23(13-21(24)22-16-5-6-16)29(25,26)18-7-8-19(27-3)20(12-18)28-4/h7-12,16H,5-6,13H2,1-4H3,(H,22,24). The molecular formula is C21H26N2O5S. The summed E-state index contributed by atoms with van der Waals surface area (Å²) < 4.78 is 38.6. The van der Waals surface area contributed by atoms with E-state index in [4.69, 9.17) is 9.47 Å². The lowest BCUT2D eigenvalue weighted by atomic mass is 10.1. The van der Waals surface area contributed by atoms with Crippen molar-refractivity contribution in [2.75, 3.05) is 25.1 Å². The summed E-state index contributed by atoms with van der Waals surface area (Å²) in [6, 6.07) is 10.0. The van der Waals surface area contributed by atoms with Gasteiger partial charge in [-0.15, -0.1) is 0 Å². The zero-order valence-corrected chi connectivity index (χ0v) is 17.9. The number of ether oxygens (including phenoxy) is 2. The summed E-state index contributed by atoms with van der Waals surface area (Å²) >= 11 is 0. The van der Waals surface area contributed by atoms with Crippen molar-refractivity contribution in [3.05, 3.63) is 47.5 Å². The third-order valence-electron chi connectivity index (χ3n) is 4.67. The summed E-state index contributed by atoms with van der Waals surface area (Å²) in [6.07, 6.45) is 1.86. The Bertz CT molecular complexity index is 995. The first-order chi connectivity index (χ1) is 13.7. The minimum Gasteiger partial charge on any atom is -0.493 e. The summed E-state index contributed by atoms with van der Waals surface area (Å²) in [5.74, 6) is 0.406. The van der Waals surface area contributed by atoms with Crippen LogP contribution < -0.4 is 19.1 Å². The number of nitrogens with zero attached hydrogens (tertiary/aromatic N) is 1. The Morgan fingerprint density at radius 2 is 1.66 bits per heavy atom. The maximum Gasteiger partial charge on any atom is 0.264 e. The lowest BCUT2D eigenvalue weighted by Gasteiger charge is -2.25. The van der Waals surface area contributed by atoms with Crippen LogP contribution >= 0.6 is 0 Å². The van der Waals surface area contributed by atoms with Gasteiger partial charge in [-0.1, -0.05) is 6.07 Å². The molecular weight excluding hydrogens is 392 g/mol. The van der Waals surface area contributed by atoms with E-state index in [1.807, 2.05) is 19.9 Å². The molecule has 0 radical (unpaired) electrons. The van der Waals surface area contributed by atoms with Crippen molar-refractivity contribution >= 4 is 21.6 Å². The summed E-state index contributed by atoms with van der Waals surface area (Å²) in [4.78, 5) is 12.5. The number of nitrogens with one attached hydrogen (secondary N) is 1. The number of carbonyl (C=O) groups is 1. The first-order valence-electron chi connectivity index (χ1n) is 9.37. The number of hydrogen-bond acceptors (Lipinski definition) is 5. The minimum atomic E-state index is -4.02. The Hall–Kier alpha value is -2.74. The molecule has 156 valence electrons. The quantitative estimate of drug-likeness (QED) is 0.713. The van der Waals surface area contributed by atoms with Crippen LogP contribution in [0, 0.1) is 13.8 Å². The molecule has 7 nitrogen and oxygen atoms in total. The average Bonchev–Trinajstić information content (AvgIpc) is 3.48. The second kappa shape index (κ2) is 8.32. The molecule has 3 rings (SSSR count). The largest absolute Gasteiger partial charge is 0.493 e. The van der Waals surface area contributed by atoms with Crippen LogP contribution in [-0.2, 0) is 14.8 Å². The Morgan fingerprint density at radius 3 is 2.21 bits per heavy atom. The first kappa shape index (κ1) is 21.0. The van der Waals surface area contributed by atoms with Crippen molar-refractivity contribution in [1.29, 1.82) is 0 Å². The van der Waals surface area contributed by atoms with Crippen molar-refractivity contribution in [2.45, 2.75) is 37.6 Å².